The van der Waals surface area contributed by atoms with Gasteiger partial charge in [0.05, 0.1) is 6.21 Å². The molecule has 0 saturated carbocycles. The van der Waals surface area contributed by atoms with Gasteiger partial charge in [0.2, 0.25) is 0 Å². The molecule has 0 atom stereocenters. The first kappa shape index (κ1) is 15.5. The van der Waals surface area contributed by atoms with Gasteiger partial charge in [-0.15, -0.1) is 0 Å². The SMILES string of the molecule is Cc1cccc(NC(=S)NN=Cc2cc(Br)ccc2O)c1. The molecule has 0 aromatic heterocycles. The maximum atomic E-state index is 9.68. The molecule has 2 aromatic carbocycles. The summed E-state index contributed by atoms with van der Waals surface area (Å²) < 4.78 is 0.863. The van der Waals surface area contributed by atoms with Crippen molar-refractivity contribution in [2.75, 3.05) is 5.32 Å². The summed E-state index contributed by atoms with van der Waals surface area (Å²) in [6.07, 6.45) is 1.50. The maximum Gasteiger partial charge on any atom is 0.191 e. The lowest BCUT2D eigenvalue weighted by atomic mass is 10.2. The van der Waals surface area contributed by atoms with E-state index in [-0.39, 0.29) is 5.75 Å². The van der Waals surface area contributed by atoms with Crippen LogP contribution in [0.4, 0.5) is 5.69 Å². The standard InChI is InChI=1S/C15H14BrN3OS/c1-10-3-2-4-13(7-10)18-15(21)19-17-9-11-8-12(16)5-6-14(11)20/h2-9,20H,1H3,(H2,18,19,21). The van der Waals surface area contributed by atoms with E-state index in [0.717, 1.165) is 15.7 Å². The number of anilines is 1. The predicted molar refractivity (Wildman–Crippen MR) is 93.9 cm³/mol. The predicted octanol–water partition coefficient (Wildman–Crippen LogP) is 3.78. The van der Waals surface area contributed by atoms with E-state index in [9.17, 15) is 5.11 Å². The van der Waals surface area contributed by atoms with Gasteiger partial charge in [0.15, 0.2) is 5.11 Å². The molecule has 0 aliphatic carbocycles. The Bertz CT molecular complexity index is 688. The van der Waals surface area contributed by atoms with Gasteiger partial charge in [0.25, 0.3) is 0 Å². The van der Waals surface area contributed by atoms with Crippen molar-refractivity contribution in [3.05, 3.63) is 58.1 Å². The third kappa shape index (κ3) is 4.84. The Balaban J connectivity index is 1.94. The summed E-state index contributed by atoms with van der Waals surface area (Å²) in [7, 11) is 0. The molecule has 0 unspecified atom stereocenters. The van der Waals surface area contributed by atoms with Crippen LogP contribution in [0.3, 0.4) is 0 Å². The van der Waals surface area contributed by atoms with Crippen LogP contribution in [0.5, 0.6) is 5.75 Å². The summed E-state index contributed by atoms with van der Waals surface area (Å²) in [5.74, 6) is 0.154. The molecule has 0 radical (unpaired) electrons. The van der Waals surface area contributed by atoms with Gasteiger partial charge in [0.1, 0.15) is 5.75 Å². The monoisotopic (exact) mass is 363 g/mol. The van der Waals surface area contributed by atoms with Crippen LogP contribution in [0.1, 0.15) is 11.1 Å². The van der Waals surface area contributed by atoms with Crippen LogP contribution >= 0.6 is 28.1 Å². The van der Waals surface area contributed by atoms with E-state index < -0.39 is 0 Å². The number of phenols is 1. The molecule has 0 aliphatic heterocycles. The van der Waals surface area contributed by atoms with E-state index in [1.165, 1.54) is 6.21 Å². The van der Waals surface area contributed by atoms with E-state index in [1.54, 1.807) is 18.2 Å². The molecule has 0 aliphatic rings. The molecular weight excluding hydrogens is 350 g/mol. The van der Waals surface area contributed by atoms with E-state index in [2.05, 4.69) is 31.8 Å². The minimum absolute atomic E-state index is 0.154. The summed E-state index contributed by atoms with van der Waals surface area (Å²) >= 11 is 8.48. The van der Waals surface area contributed by atoms with Gasteiger partial charge in [-0.05, 0) is 55.0 Å². The number of phenolic OH excluding ortho intramolecular Hbond substituents is 1. The van der Waals surface area contributed by atoms with E-state index >= 15 is 0 Å². The van der Waals surface area contributed by atoms with Crippen molar-refractivity contribution in [1.82, 2.24) is 5.43 Å². The molecule has 2 rings (SSSR count). The first-order valence-electron chi connectivity index (χ1n) is 6.20. The zero-order valence-electron chi connectivity index (χ0n) is 11.3. The van der Waals surface area contributed by atoms with Gasteiger partial charge >= 0.3 is 0 Å². The van der Waals surface area contributed by atoms with E-state index in [1.807, 2.05) is 31.2 Å². The molecule has 0 heterocycles. The molecule has 2 aromatic rings. The van der Waals surface area contributed by atoms with Crippen LogP contribution in [0, 0.1) is 6.92 Å². The number of thiocarbonyl (C=S) groups is 1. The third-order valence-electron chi connectivity index (χ3n) is 2.64. The molecule has 0 saturated heterocycles. The fraction of sp³-hybridized carbons (Fsp3) is 0.0667. The Morgan fingerprint density at radius 2 is 2.10 bits per heavy atom. The Morgan fingerprint density at radius 3 is 2.86 bits per heavy atom. The van der Waals surface area contributed by atoms with E-state index in [0.29, 0.717) is 10.7 Å². The highest BCUT2D eigenvalue weighted by Crippen LogP contribution is 2.19. The molecule has 6 heteroatoms. The fourth-order valence-corrected chi connectivity index (χ4v) is 2.22. The molecule has 3 N–H and O–H groups in total. The van der Waals surface area contributed by atoms with Crippen LogP contribution in [0.25, 0.3) is 0 Å². The highest BCUT2D eigenvalue weighted by Gasteiger charge is 1.99. The Labute approximate surface area is 137 Å². The van der Waals surface area contributed by atoms with Gasteiger partial charge in [-0.1, -0.05) is 28.1 Å². The van der Waals surface area contributed by atoms with E-state index in [4.69, 9.17) is 12.2 Å². The Morgan fingerprint density at radius 1 is 1.29 bits per heavy atom. The van der Waals surface area contributed by atoms with Gasteiger partial charge < -0.3 is 10.4 Å². The number of aryl methyl sites for hydroxylation is 1. The summed E-state index contributed by atoms with van der Waals surface area (Å²) in [5, 5.41) is 17.1. The highest BCUT2D eigenvalue weighted by molar-refractivity contribution is 9.10. The first-order chi connectivity index (χ1) is 10.0. The van der Waals surface area contributed by atoms with Crippen LogP contribution in [0.2, 0.25) is 0 Å². The molecular formula is C15H14BrN3OS. The second-order valence-electron chi connectivity index (χ2n) is 4.40. The average Bonchev–Trinajstić information content (AvgIpc) is 2.42. The maximum absolute atomic E-state index is 9.68. The van der Waals surface area contributed by atoms with Crippen molar-refractivity contribution in [1.29, 1.82) is 0 Å². The Hall–Kier alpha value is -1.92. The number of hydrogen-bond acceptors (Lipinski definition) is 3. The number of nitrogens with zero attached hydrogens (tertiary/aromatic N) is 1. The van der Waals surface area contributed by atoms with Gasteiger partial charge in [-0.2, -0.15) is 5.10 Å². The molecule has 0 amide bonds. The summed E-state index contributed by atoms with van der Waals surface area (Å²) in [6.45, 7) is 2.01. The minimum atomic E-state index is 0.154. The number of benzene rings is 2. The van der Waals surface area contributed by atoms with Crippen LogP contribution < -0.4 is 10.7 Å². The first-order valence-corrected chi connectivity index (χ1v) is 7.40. The lowest BCUT2D eigenvalue weighted by Gasteiger charge is -2.07. The largest absolute Gasteiger partial charge is 0.507 e. The molecule has 0 fully saturated rings. The number of rotatable bonds is 3. The van der Waals surface area contributed by atoms with Gasteiger partial charge in [-0.3, -0.25) is 5.43 Å². The normalized spacial score (nSPS) is 10.6. The lowest BCUT2D eigenvalue weighted by Crippen LogP contribution is -2.23. The third-order valence-corrected chi connectivity index (χ3v) is 3.32. The second kappa shape index (κ2) is 7.19. The molecule has 4 nitrogen and oxygen atoms in total. The van der Waals surface area contributed by atoms with Crippen molar-refractivity contribution in [2.45, 2.75) is 6.92 Å². The minimum Gasteiger partial charge on any atom is -0.507 e. The smallest absolute Gasteiger partial charge is 0.191 e. The summed E-state index contributed by atoms with van der Waals surface area (Å²) in [6, 6.07) is 13.0. The molecule has 108 valence electrons. The van der Waals surface area contributed by atoms with Crippen molar-refractivity contribution in [2.24, 2.45) is 5.10 Å². The molecule has 0 bridgehead atoms. The number of aromatic hydroxyl groups is 1. The average molecular weight is 364 g/mol. The number of hydrazone groups is 1. The zero-order chi connectivity index (χ0) is 15.2. The van der Waals surface area contributed by atoms with Crippen molar-refractivity contribution in [3.8, 4) is 5.75 Å². The van der Waals surface area contributed by atoms with Crippen LogP contribution in [0.15, 0.2) is 52.0 Å². The molecule has 0 spiro atoms. The molecule has 21 heavy (non-hydrogen) atoms. The van der Waals surface area contributed by atoms with Crippen LogP contribution in [-0.2, 0) is 0 Å². The van der Waals surface area contributed by atoms with Crippen molar-refractivity contribution < 1.29 is 5.11 Å². The highest BCUT2D eigenvalue weighted by atomic mass is 79.9. The van der Waals surface area contributed by atoms with Crippen molar-refractivity contribution >= 4 is 45.2 Å². The summed E-state index contributed by atoms with van der Waals surface area (Å²) in [5.41, 5.74) is 5.34. The van der Waals surface area contributed by atoms with Gasteiger partial charge in [0, 0.05) is 15.7 Å². The fourth-order valence-electron chi connectivity index (χ4n) is 1.67. The number of halogens is 1. The number of nitrogens with one attached hydrogen (secondary N) is 2. The van der Waals surface area contributed by atoms with Crippen LogP contribution in [-0.4, -0.2) is 16.4 Å². The topological polar surface area (TPSA) is 56.7 Å². The van der Waals surface area contributed by atoms with Gasteiger partial charge in [-0.25, -0.2) is 0 Å². The Kier molecular flexibility index (Phi) is 5.30. The second-order valence-corrected chi connectivity index (χ2v) is 5.72. The van der Waals surface area contributed by atoms with Crippen molar-refractivity contribution in [3.63, 3.8) is 0 Å². The number of hydrogen-bond donors (Lipinski definition) is 3. The lowest BCUT2D eigenvalue weighted by molar-refractivity contribution is 0.474. The quantitative estimate of drug-likeness (QED) is 0.441. The summed E-state index contributed by atoms with van der Waals surface area (Å²) in [4.78, 5) is 0. The zero-order valence-corrected chi connectivity index (χ0v) is 13.7.